The highest BCUT2D eigenvalue weighted by atomic mass is 16.5. The molecule has 0 saturated heterocycles. The second-order valence-electron chi connectivity index (χ2n) is 6.57. The number of carbonyl (C=O) groups is 3. The van der Waals surface area contributed by atoms with Gasteiger partial charge in [0.1, 0.15) is 11.8 Å². The molecule has 0 radical (unpaired) electrons. The summed E-state index contributed by atoms with van der Waals surface area (Å²) in [7, 11) is 1.56. The van der Waals surface area contributed by atoms with Crippen LogP contribution in [0.15, 0.2) is 54.6 Å². The van der Waals surface area contributed by atoms with E-state index in [4.69, 9.17) is 4.74 Å². The van der Waals surface area contributed by atoms with Gasteiger partial charge in [0.05, 0.1) is 7.11 Å². The van der Waals surface area contributed by atoms with E-state index in [-0.39, 0.29) is 30.4 Å². The molecule has 1 unspecified atom stereocenters. The summed E-state index contributed by atoms with van der Waals surface area (Å²) in [6.45, 7) is 4.92. The van der Waals surface area contributed by atoms with Crippen molar-refractivity contribution in [1.82, 2.24) is 10.2 Å². The maximum absolute atomic E-state index is 12.9. The molecular weight excluding hydrogens is 368 g/mol. The van der Waals surface area contributed by atoms with Crippen LogP contribution in [0.4, 0.5) is 0 Å². The van der Waals surface area contributed by atoms with Crippen LogP contribution in [0.1, 0.15) is 48.7 Å². The number of hydrogen-bond donors (Lipinski definition) is 1. The van der Waals surface area contributed by atoms with Gasteiger partial charge in [-0.25, -0.2) is 0 Å². The van der Waals surface area contributed by atoms with Crippen molar-refractivity contribution >= 4 is 17.6 Å². The van der Waals surface area contributed by atoms with E-state index < -0.39 is 6.04 Å². The third kappa shape index (κ3) is 6.17. The number of ether oxygens (including phenoxy) is 1. The molecule has 1 N–H and O–H groups in total. The summed E-state index contributed by atoms with van der Waals surface area (Å²) in [6, 6.07) is 15.2. The molecule has 6 nitrogen and oxygen atoms in total. The van der Waals surface area contributed by atoms with Gasteiger partial charge in [-0.2, -0.15) is 0 Å². The molecule has 0 bridgehead atoms. The first-order valence-electron chi connectivity index (χ1n) is 9.80. The molecule has 0 saturated carbocycles. The van der Waals surface area contributed by atoms with Crippen LogP contribution in [0.2, 0.25) is 0 Å². The number of carbonyl (C=O) groups excluding carboxylic acids is 3. The number of Topliss-reactive ketones (excluding diaryl/α,β-unsaturated/α-hetero) is 1. The summed E-state index contributed by atoms with van der Waals surface area (Å²) >= 11 is 0. The highest BCUT2D eigenvalue weighted by Crippen LogP contribution is 2.17. The summed E-state index contributed by atoms with van der Waals surface area (Å²) in [4.78, 5) is 39.4. The first-order chi connectivity index (χ1) is 14.0. The zero-order valence-corrected chi connectivity index (χ0v) is 17.2. The van der Waals surface area contributed by atoms with Crippen LogP contribution in [-0.2, 0) is 9.59 Å². The number of ketones is 1. The smallest absolute Gasteiger partial charge is 0.249 e. The highest BCUT2D eigenvalue weighted by Gasteiger charge is 2.26. The molecular formula is C23H28N2O4. The molecule has 6 heteroatoms. The topological polar surface area (TPSA) is 75.7 Å². The second kappa shape index (κ2) is 11.0. The molecule has 2 aromatic rings. The Balaban J connectivity index is 2.03. The van der Waals surface area contributed by atoms with E-state index in [2.05, 4.69) is 5.32 Å². The minimum Gasteiger partial charge on any atom is -0.497 e. The third-order valence-electron chi connectivity index (χ3n) is 4.75. The highest BCUT2D eigenvalue weighted by molar-refractivity contribution is 5.98. The summed E-state index contributed by atoms with van der Waals surface area (Å²) in [5.41, 5.74) is 1.25. The largest absolute Gasteiger partial charge is 0.497 e. The van der Waals surface area contributed by atoms with Crippen molar-refractivity contribution in [3.63, 3.8) is 0 Å². The van der Waals surface area contributed by atoms with Gasteiger partial charge >= 0.3 is 0 Å². The Hall–Kier alpha value is -3.15. The van der Waals surface area contributed by atoms with Crippen LogP contribution in [0.25, 0.3) is 0 Å². The lowest BCUT2D eigenvalue weighted by Gasteiger charge is -2.26. The van der Waals surface area contributed by atoms with Gasteiger partial charge in [-0.3, -0.25) is 14.4 Å². The molecule has 0 aliphatic heterocycles. The van der Waals surface area contributed by atoms with E-state index >= 15 is 0 Å². The average molecular weight is 396 g/mol. The quantitative estimate of drug-likeness (QED) is 0.625. The van der Waals surface area contributed by atoms with Crippen LogP contribution in [0, 0.1) is 0 Å². The van der Waals surface area contributed by atoms with Crippen LogP contribution >= 0.6 is 0 Å². The zero-order chi connectivity index (χ0) is 21.2. The summed E-state index contributed by atoms with van der Waals surface area (Å²) < 4.78 is 5.08. The number of nitrogens with zero attached hydrogens (tertiary/aromatic N) is 1. The fourth-order valence-electron chi connectivity index (χ4n) is 3.03. The first kappa shape index (κ1) is 22.1. The van der Waals surface area contributed by atoms with Crippen LogP contribution in [0.3, 0.4) is 0 Å². The number of hydrogen-bond acceptors (Lipinski definition) is 4. The molecule has 0 aliphatic rings. The summed E-state index contributed by atoms with van der Waals surface area (Å²) in [5, 5.41) is 2.80. The average Bonchev–Trinajstić information content (AvgIpc) is 2.77. The fraction of sp³-hybridized carbons (Fsp3) is 0.348. The minimum atomic E-state index is -0.764. The Morgan fingerprint density at radius 3 is 2.10 bits per heavy atom. The van der Waals surface area contributed by atoms with Crippen LogP contribution < -0.4 is 10.1 Å². The van der Waals surface area contributed by atoms with Gasteiger partial charge in [0.15, 0.2) is 5.78 Å². The Bertz CT molecular complexity index is 815. The van der Waals surface area contributed by atoms with Crippen molar-refractivity contribution in [2.24, 2.45) is 0 Å². The first-order valence-corrected chi connectivity index (χ1v) is 9.80. The maximum atomic E-state index is 12.9. The number of amides is 2. The van der Waals surface area contributed by atoms with E-state index in [0.29, 0.717) is 24.4 Å². The lowest BCUT2D eigenvalue weighted by atomic mass is 10.0. The molecule has 2 aromatic carbocycles. The van der Waals surface area contributed by atoms with E-state index in [0.717, 1.165) is 5.56 Å². The predicted octanol–water partition coefficient (Wildman–Crippen LogP) is 3.38. The van der Waals surface area contributed by atoms with Crippen molar-refractivity contribution < 1.29 is 19.1 Å². The Labute approximate surface area is 171 Å². The van der Waals surface area contributed by atoms with Crippen molar-refractivity contribution in [1.29, 1.82) is 0 Å². The van der Waals surface area contributed by atoms with Crippen LogP contribution in [0.5, 0.6) is 5.75 Å². The molecule has 0 fully saturated rings. The van der Waals surface area contributed by atoms with Gasteiger partial charge in [0.2, 0.25) is 11.8 Å². The number of likely N-dealkylation sites (N-methyl/N-ethyl adjacent to an activating group) is 1. The Kier molecular flexibility index (Phi) is 8.40. The number of nitrogens with one attached hydrogen (secondary N) is 1. The van der Waals surface area contributed by atoms with Crippen molar-refractivity contribution in [2.45, 2.75) is 32.7 Å². The summed E-state index contributed by atoms with van der Waals surface area (Å²) in [5.74, 6) is 0.0475. The van der Waals surface area contributed by atoms with Crippen molar-refractivity contribution in [2.75, 3.05) is 20.2 Å². The van der Waals surface area contributed by atoms with E-state index in [1.54, 1.807) is 36.3 Å². The number of methoxy groups -OCH3 is 1. The Morgan fingerprint density at radius 2 is 1.55 bits per heavy atom. The van der Waals surface area contributed by atoms with Gasteiger partial charge in [-0.05, 0) is 43.7 Å². The number of rotatable bonds is 10. The van der Waals surface area contributed by atoms with Gasteiger partial charge < -0.3 is 15.0 Å². The van der Waals surface area contributed by atoms with Gasteiger partial charge in [0, 0.05) is 31.5 Å². The lowest BCUT2D eigenvalue weighted by Crippen LogP contribution is -2.42. The van der Waals surface area contributed by atoms with Gasteiger partial charge in [0.25, 0.3) is 0 Å². The monoisotopic (exact) mass is 396 g/mol. The number of benzene rings is 2. The molecule has 0 aliphatic carbocycles. The molecule has 0 heterocycles. The van der Waals surface area contributed by atoms with Gasteiger partial charge in [-0.15, -0.1) is 0 Å². The predicted molar refractivity (Wildman–Crippen MR) is 112 cm³/mol. The molecule has 0 spiro atoms. The Morgan fingerprint density at radius 1 is 0.931 bits per heavy atom. The molecule has 29 heavy (non-hydrogen) atoms. The standard InChI is InChI=1S/C23H28N2O4/c1-4-25(5-2)23(28)22(18-9-7-6-8-10-18)24-21(27)16-15-20(26)17-11-13-19(29-3)14-12-17/h6-14,22H,4-5,15-16H2,1-3H3,(H,24,27). The normalized spacial score (nSPS) is 11.4. The molecule has 2 rings (SSSR count). The van der Waals surface area contributed by atoms with E-state index in [1.807, 2.05) is 44.2 Å². The lowest BCUT2D eigenvalue weighted by molar-refractivity contribution is -0.136. The van der Waals surface area contributed by atoms with Crippen molar-refractivity contribution in [3.8, 4) is 5.75 Å². The molecule has 0 aromatic heterocycles. The van der Waals surface area contributed by atoms with Crippen molar-refractivity contribution in [3.05, 3.63) is 65.7 Å². The second-order valence-corrected chi connectivity index (χ2v) is 6.57. The third-order valence-corrected chi connectivity index (χ3v) is 4.75. The SMILES string of the molecule is CCN(CC)C(=O)C(NC(=O)CCC(=O)c1ccc(OC)cc1)c1ccccc1. The minimum absolute atomic E-state index is 0.0136. The summed E-state index contributed by atoms with van der Waals surface area (Å²) in [6.07, 6.45) is 0.0822. The molecule has 154 valence electrons. The van der Waals surface area contributed by atoms with Crippen LogP contribution in [-0.4, -0.2) is 42.7 Å². The molecule has 2 amide bonds. The molecule has 1 atom stereocenters. The zero-order valence-electron chi connectivity index (χ0n) is 17.2. The fourth-order valence-corrected chi connectivity index (χ4v) is 3.03. The van der Waals surface area contributed by atoms with Gasteiger partial charge in [-0.1, -0.05) is 30.3 Å². The van der Waals surface area contributed by atoms with E-state index in [1.165, 1.54) is 0 Å². The maximum Gasteiger partial charge on any atom is 0.249 e. The van der Waals surface area contributed by atoms with E-state index in [9.17, 15) is 14.4 Å².